The molecule has 1 aliphatic carbocycles. The van der Waals surface area contributed by atoms with Gasteiger partial charge in [0.05, 0.1) is 11.7 Å². The highest BCUT2D eigenvalue weighted by Gasteiger charge is 2.27. The van der Waals surface area contributed by atoms with Gasteiger partial charge in [0.15, 0.2) is 5.13 Å². The van der Waals surface area contributed by atoms with Crippen molar-refractivity contribution in [3.63, 3.8) is 0 Å². The molecular weight excluding hydrogens is 368 g/mol. The molecule has 6 nitrogen and oxygen atoms in total. The molecule has 1 aliphatic rings. The Morgan fingerprint density at radius 1 is 1.19 bits per heavy atom. The third-order valence-electron chi connectivity index (χ3n) is 4.57. The fourth-order valence-corrected chi connectivity index (χ4v) is 5.39. The first-order valence-electron chi connectivity index (χ1n) is 8.62. The number of rotatable bonds is 5. The van der Waals surface area contributed by atoms with Crippen LogP contribution < -0.4 is 4.72 Å². The van der Waals surface area contributed by atoms with Crippen molar-refractivity contribution in [2.24, 2.45) is 0 Å². The minimum absolute atomic E-state index is 0.198. The maximum absolute atomic E-state index is 13.0. The minimum Gasteiger partial charge on any atom is -0.268 e. The number of aromatic nitrogens is 3. The van der Waals surface area contributed by atoms with E-state index in [0.717, 1.165) is 36.9 Å². The molecule has 4 rings (SSSR count). The molecule has 2 heterocycles. The minimum atomic E-state index is -3.77. The molecule has 0 spiro atoms. The third-order valence-corrected chi connectivity index (χ3v) is 6.92. The number of aryl methyl sites for hydroxylation is 1. The van der Waals surface area contributed by atoms with Gasteiger partial charge in [0.1, 0.15) is 10.6 Å². The van der Waals surface area contributed by atoms with Gasteiger partial charge in [-0.15, -0.1) is 11.3 Å². The van der Waals surface area contributed by atoms with Crippen molar-refractivity contribution >= 4 is 26.5 Å². The summed E-state index contributed by atoms with van der Waals surface area (Å²) in [5.74, 6) is 0. The first-order chi connectivity index (χ1) is 12.5. The summed E-state index contributed by atoms with van der Waals surface area (Å²) >= 11 is 1.28. The predicted molar refractivity (Wildman–Crippen MR) is 103 cm³/mol. The van der Waals surface area contributed by atoms with Crippen LogP contribution in [0.4, 0.5) is 5.13 Å². The van der Waals surface area contributed by atoms with Gasteiger partial charge in [-0.1, -0.05) is 43.2 Å². The van der Waals surface area contributed by atoms with E-state index < -0.39 is 10.0 Å². The number of nitrogens with zero attached hydrogens (tertiary/aromatic N) is 3. The van der Waals surface area contributed by atoms with E-state index in [1.54, 1.807) is 6.20 Å². The van der Waals surface area contributed by atoms with Crippen molar-refractivity contribution in [1.29, 1.82) is 0 Å². The highest BCUT2D eigenvalue weighted by Crippen LogP contribution is 2.34. The van der Waals surface area contributed by atoms with E-state index in [1.165, 1.54) is 11.3 Å². The first kappa shape index (κ1) is 17.2. The normalized spacial score (nSPS) is 15.4. The van der Waals surface area contributed by atoms with Crippen LogP contribution in [0.2, 0.25) is 0 Å². The van der Waals surface area contributed by atoms with Crippen LogP contribution in [0.3, 0.4) is 0 Å². The van der Waals surface area contributed by atoms with Crippen LogP contribution in [0.15, 0.2) is 46.8 Å². The van der Waals surface area contributed by atoms with Gasteiger partial charge in [0.2, 0.25) is 0 Å². The van der Waals surface area contributed by atoms with Crippen molar-refractivity contribution in [2.45, 2.75) is 43.5 Å². The fourth-order valence-electron chi connectivity index (χ4n) is 3.29. The summed E-state index contributed by atoms with van der Waals surface area (Å²) in [6.07, 6.45) is 6.05. The van der Waals surface area contributed by atoms with E-state index in [9.17, 15) is 8.42 Å². The molecule has 0 bridgehead atoms. The maximum Gasteiger partial charge on any atom is 0.267 e. The van der Waals surface area contributed by atoms with E-state index in [1.807, 2.05) is 47.3 Å². The molecule has 0 amide bonds. The lowest BCUT2D eigenvalue weighted by Crippen LogP contribution is -2.13. The second kappa shape index (κ2) is 6.85. The summed E-state index contributed by atoms with van der Waals surface area (Å²) in [5, 5.41) is 6.84. The second-order valence-electron chi connectivity index (χ2n) is 6.53. The monoisotopic (exact) mass is 388 g/mol. The van der Waals surface area contributed by atoms with Crippen molar-refractivity contribution in [1.82, 2.24) is 14.8 Å². The summed E-state index contributed by atoms with van der Waals surface area (Å²) in [6.45, 7) is 1.84. The zero-order chi connectivity index (χ0) is 18.1. The molecule has 1 fully saturated rings. The lowest BCUT2D eigenvalue weighted by Gasteiger charge is -2.08. The van der Waals surface area contributed by atoms with Crippen molar-refractivity contribution in [2.75, 3.05) is 4.72 Å². The average molecular weight is 389 g/mol. The molecule has 0 aliphatic heterocycles. The molecule has 1 saturated carbocycles. The standard InChI is InChI=1S/C18H20N4O2S2/c1-13-12-25-18(19-13)21-26(23,24)16-11-22(15-9-5-6-10-15)20-17(16)14-7-3-2-4-8-14/h2-4,7-8,11-12,15H,5-6,9-10H2,1H3,(H,19,21). The zero-order valence-corrected chi connectivity index (χ0v) is 16.1. The Bertz CT molecular complexity index is 1000. The molecule has 8 heteroatoms. The smallest absolute Gasteiger partial charge is 0.267 e. The average Bonchev–Trinajstić information content (AvgIpc) is 3.35. The fraction of sp³-hybridized carbons (Fsp3) is 0.333. The Balaban J connectivity index is 1.77. The Morgan fingerprint density at radius 3 is 2.58 bits per heavy atom. The molecule has 26 heavy (non-hydrogen) atoms. The summed E-state index contributed by atoms with van der Waals surface area (Å²) < 4.78 is 30.5. The predicted octanol–water partition coefficient (Wildman–Crippen LogP) is 4.23. The molecule has 0 unspecified atom stereocenters. The molecule has 0 atom stereocenters. The Morgan fingerprint density at radius 2 is 1.92 bits per heavy atom. The van der Waals surface area contributed by atoms with Gasteiger partial charge in [-0.3, -0.25) is 9.40 Å². The number of hydrogen-bond acceptors (Lipinski definition) is 5. The van der Waals surface area contributed by atoms with Crippen LogP contribution in [0.25, 0.3) is 11.3 Å². The SMILES string of the molecule is Cc1csc(NS(=O)(=O)c2cn(C3CCCC3)nc2-c2ccccc2)n1. The number of nitrogens with one attached hydrogen (secondary N) is 1. The zero-order valence-electron chi connectivity index (χ0n) is 14.4. The molecule has 3 aromatic rings. The first-order valence-corrected chi connectivity index (χ1v) is 11.0. The van der Waals surface area contributed by atoms with E-state index in [4.69, 9.17) is 0 Å². The molecule has 0 radical (unpaired) electrons. The van der Waals surface area contributed by atoms with Gasteiger partial charge in [-0.05, 0) is 19.8 Å². The third kappa shape index (κ3) is 3.39. The van der Waals surface area contributed by atoms with Gasteiger partial charge in [-0.25, -0.2) is 13.4 Å². The number of sulfonamides is 1. The van der Waals surface area contributed by atoms with Crippen LogP contribution in [-0.4, -0.2) is 23.2 Å². The molecule has 1 aromatic carbocycles. The van der Waals surface area contributed by atoms with E-state index in [-0.39, 0.29) is 10.9 Å². The summed E-state index contributed by atoms with van der Waals surface area (Å²) in [4.78, 5) is 4.41. The quantitative estimate of drug-likeness (QED) is 0.709. The molecule has 1 N–H and O–H groups in total. The molecular formula is C18H20N4O2S2. The second-order valence-corrected chi connectivity index (χ2v) is 9.03. The van der Waals surface area contributed by atoms with Gasteiger partial charge >= 0.3 is 0 Å². The van der Waals surface area contributed by atoms with Crippen LogP contribution >= 0.6 is 11.3 Å². The maximum atomic E-state index is 13.0. The van der Waals surface area contributed by atoms with E-state index >= 15 is 0 Å². The van der Waals surface area contributed by atoms with E-state index in [0.29, 0.717) is 10.8 Å². The van der Waals surface area contributed by atoms with Crippen LogP contribution in [0.5, 0.6) is 0 Å². The molecule has 2 aromatic heterocycles. The number of anilines is 1. The largest absolute Gasteiger partial charge is 0.268 e. The van der Waals surface area contributed by atoms with Crippen molar-refractivity contribution in [3.05, 3.63) is 47.6 Å². The lowest BCUT2D eigenvalue weighted by molar-refractivity contribution is 0.467. The lowest BCUT2D eigenvalue weighted by atomic mass is 10.2. The van der Waals surface area contributed by atoms with Crippen molar-refractivity contribution < 1.29 is 8.42 Å². The molecule has 136 valence electrons. The van der Waals surface area contributed by atoms with Crippen molar-refractivity contribution in [3.8, 4) is 11.3 Å². The van der Waals surface area contributed by atoms with Crippen LogP contribution in [0.1, 0.15) is 37.4 Å². The Hall–Kier alpha value is -2.19. The van der Waals surface area contributed by atoms with Gasteiger partial charge in [0.25, 0.3) is 10.0 Å². The number of thiazole rings is 1. The summed E-state index contributed by atoms with van der Waals surface area (Å²) in [5.41, 5.74) is 2.07. The van der Waals surface area contributed by atoms with E-state index in [2.05, 4.69) is 14.8 Å². The number of benzene rings is 1. The van der Waals surface area contributed by atoms with Crippen LogP contribution in [0, 0.1) is 6.92 Å². The topological polar surface area (TPSA) is 76.9 Å². The van der Waals surface area contributed by atoms with Gasteiger partial charge in [-0.2, -0.15) is 5.10 Å². The Labute approximate surface area is 157 Å². The van der Waals surface area contributed by atoms with Crippen LogP contribution in [-0.2, 0) is 10.0 Å². The highest BCUT2D eigenvalue weighted by molar-refractivity contribution is 7.93. The summed E-state index contributed by atoms with van der Waals surface area (Å²) in [6, 6.07) is 9.71. The van der Waals surface area contributed by atoms with Gasteiger partial charge < -0.3 is 0 Å². The number of hydrogen-bond donors (Lipinski definition) is 1. The van der Waals surface area contributed by atoms with Gasteiger partial charge in [0, 0.05) is 17.1 Å². The summed E-state index contributed by atoms with van der Waals surface area (Å²) in [7, 11) is -3.77. The molecule has 0 saturated heterocycles. The Kier molecular flexibility index (Phi) is 4.54. The highest BCUT2D eigenvalue weighted by atomic mass is 32.2.